The van der Waals surface area contributed by atoms with Crippen LogP contribution in [-0.2, 0) is 0 Å². The van der Waals surface area contributed by atoms with Crippen LogP contribution < -0.4 is 5.32 Å². The molecule has 0 saturated carbocycles. The molecule has 88 valence electrons. The summed E-state index contributed by atoms with van der Waals surface area (Å²) in [6, 6.07) is 2.74. The Morgan fingerprint density at radius 3 is 2.56 bits per heavy atom. The van der Waals surface area contributed by atoms with E-state index in [4.69, 9.17) is 23.2 Å². The Balaban J connectivity index is 3.02. The van der Waals surface area contributed by atoms with Crippen LogP contribution in [0, 0.1) is 5.82 Å². The van der Waals surface area contributed by atoms with Gasteiger partial charge < -0.3 is 5.32 Å². The van der Waals surface area contributed by atoms with E-state index in [0.29, 0.717) is 10.6 Å². The first kappa shape index (κ1) is 13.5. The Kier molecular flexibility index (Phi) is 4.78. The van der Waals surface area contributed by atoms with Crippen LogP contribution >= 0.6 is 23.2 Å². The van der Waals surface area contributed by atoms with Crippen molar-refractivity contribution in [3.63, 3.8) is 0 Å². The molecule has 0 radical (unpaired) electrons. The summed E-state index contributed by atoms with van der Waals surface area (Å²) < 4.78 is 13.3. The summed E-state index contributed by atoms with van der Waals surface area (Å²) in [4.78, 5) is 0. The van der Waals surface area contributed by atoms with Gasteiger partial charge in [-0.15, -0.1) is 6.58 Å². The van der Waals surface area contributed by atoms with Crippen molar-refractivity contribution in [2.45, 2.75) is 25.9 Å². The number of hydrogen-bond donors (Lipinski definition) is 1. The first-order chi connectivity index (χ1) is 7.47. The second-order valence-corrected chi connectivity index (χ2v) is 4.45. The van der Waals surface area contributed by atoms with Crippen molar-refractivity contribution >= 4 is 23.2 Å². The van der Waals surface area contributed by atoms with Crippen LogP contribution in [0.4, 0.5) is 4.39 Å². The van der Waals surface area contributed by atoms with E-state index < -0.39 is 5.82 Å². The molecule has 1 aromatic carbocycles. The fourth-order valence-corrected chi connectivity index (χ4v) is 2.18. The quantitative estimate of drug-likeness (QED) is 0.628. The monoisotopic (exact) mass is 261 g/mol. The Bertz CT molecular complexity index is 393. The lowest BCUT2D eigenvalue weighted by atomic mass is 10.1. The molecule has 4 heteroatoms. The van der Waals surface area contributed by atoms with Gasteiger partial charge in [0.2, 0.25) is 0 Å². The summed E-state index contributed by atoms with van der Waals surface area (Å²) in [5.74, 6) is -0.457. The molecule has 0 aliphatic carbocycles. The van der Waals surface area contributed by atoms with E-state index >= 15 is 0 Å². The average Bonchev–Trinajstić information content (AvgIpc) is 2.24. The molecule has 0 aliphatic heterocycles. The Morgan fingerprint density at radius 1 is 1.38 bits per heavy atom. The number of rotatable bonds is 4. The standard InChI is InChI=1S/C12H14Cl2FN/c1-4-7(2)16-8(3)11-9(13)5-6-10(15)12(11)14/h4-8,16H,1H2,2-3H3. The molecule has 16 heavy (non-hydrogen) atoms. The van der Waals surface area contributed by atoms with Crippen molar-refractivity contribution in [1.82, 2.24) is 5.32 Å². The van der Waals surface area contributed by atoms with Crippen LogP contribution in [0.5, 0.6) is 0 Å². The van der Waals surface area contributed by atoms with Crippen LogP contribution in [-0.4, -0.2) is 6.04 Å². The van der Waals surface area contributed by atoms with E-state index in [0.717, 1.165) is 0 Å². The lowest BCUT2D eigenvalue weighted by Gasteiger charge is -2.20. The molecule has 0 fully saturated rings. The van der Waals surface area contributed by atoms with E-state index in [9.17, 15) is 4.39 Å². The van der Waals surface area contributed by atoms with Gasteiger partial charge in [0.05, 0.1) is 5.02 Å². The molecule has 0 saturated heterocycles. The third kappa shape index (κ3) is 2.97. The Hall–Kier alpha value is -0.570. The number of nitrogens with one attached hydrogen (secondary N) is 1. The van der Waals surface area contributed by atoms with Crippen molar-refractivity contribution in [2.75, 3.05) is 0 Å². The lowest BCUT2D eigenvalue weighted by Crippen LogP contribution is -2.27. The average molecular weight is 262 g/mol. The molecular weight excluding hydrogens is 248 g/mol. The Morgan fingerprint density at radius 2 is 2.00 bits per heavy atom. The number of halogens is 3. The number of hydrogen-bond acceptors (Lipinski definition) is 1. The molecule has 1 aromatic rings. The molecule has 0 aromatic heterocycles. The molecule has 2 unspecified atom stereocenters. The summed E-state index contributed by atoms with van der Waals surface area (Å²) >= 11 is 11.9. The van der Waals surface area contributed by atoms with E-state index in [1.807, 2.05) is 13.8 Å². The SMILES string of the molecule is C=CC(C)NC(C)c1c(Cl)ccc(F)c1Cl. The summed E-state index contributed by atoms with van der Waals surface area (Å²) in [6.45, 7) is 7.50. The predicted molar refractivity (Wildman–Crippen MR) is 67.6 cm³/mol. The van der Waals surface area contributed by atoms with E-state index in [2.05, 4.69) is 11.9 Å². The van der Waals surface area contributed by atoms with Gasteiger partial charge in [0.1, 0.15) is 5.82 Å². The maximum Gasteiger partial charge on any atom is 0.142 e. The fraction of sp³-hybridized carbons (Fsp3) is 0.333. The first-order valence-electron chi connectivity index (χ1n) is 4.99. The Labute approximate surface area is 105 Å². The zero-order valence-corrected chi connectivity index (χ0v) is 10.7. The van der Waals surface area contributed by atoms with Gasteiger partial charge in [-0.2, -0.15) is 0 Å². The van der Waals surface area contributed by atoms with E-state index in [-0.39, 0.29) is 17.1 Å². The highest BCUT2D eigenvalue weighted by Gasteiger charge is 2.17. The fourth-order valence-electron chi connectivity index (χ4n) is 1.49. The van der Waals surface area contributed by atoms with Crippen molar-refractivity contribution in [3.8, 4) is 0 Å². The van der Waals surface area contributed by atoms with Gasteiger partial charge in [0.25, 0.3) is 0 Å². The summed E-state index contributed by atoms with van der Waals surface area (Å²) in [7, 11) is 0. The van der Waals surface area contributed by atoms with Crippen LogP contribution in [0.1, 0.15) is 25.5 Å². The highest BCUT2D eigenvalue weighted by atomic mass is 35.5. The maximum absolute atomic E-state index is 13.3. The van der Waals surface area contributed by atoms with Gasteiger partial charge >= 0.3 is 0 Å². The molecule has 0 heterocycles. The minimum absolute atomic E-state index is 0.0729. The van der Waals surface area contributed by atoms with Gasteiger partial charge in [0, 0.05) is 22.7 Å². The summed E-state index contributed by atoms with van der Waals surface area (Å²) in [5, 5.41) is 3.73. The highest BCUT2D eigenvalue weighted by molar-refractivity contribution is 6.36. The summed E-state index contributed by atoms with van der Waals surface area (Å²) in [6.07, 6.45) is 1.76. The number of benzene rings is 1. The molecule has 0 spiro atoms. The van der Waals surface area contributed by atoms with E-state index in [1.165, 1.54) is 12.1 Å². The molecule has 1 rings (SSSR count). The van der Waals surface area contributed by atoms with Crippen LogP contribution in [0.2, 0.25) is 10.0 Å². The molecule has 0 amide bonds. The van der Waals surface area contributed by atoms with Crippen LogP contribution in [0.25, 0.3) is 0 Å². The lowest BCUT2D eigenvalue weighted by molar-refractivity contribution is 0.532. The van der Waals surface area contributed by atoms with Gasteiger partial charge in [-0.25, -0.2) is 4.39 Å². The van der Waals surface area contributed by atoms with Crippen LogP contribution in [0.3, 0.4) is 0 Å². The van der Waals surface area contributed by atoms with Crippen molar-refractivity contribution in [2.24, 2.45) is 0 Å². The minimum Gasteiger partial charge on any atom is -0.304 e. The summed E-state index contributed by atoms with van der Waals surface area (Å²) in [5.41, 5.74) is 0.581. The van der Waals surface area contributed by atoms with Gasteiger partial charge in [-0.1, -0.05) is 29.3 Å². The molecular formula is C12H14Cl2FN. The molecule has 2 atom stereocenters. The molecule has 1 nitrogen and oxygen atoms in total. The van der Waals surface area contributed by atoms with E-state index in [1.54, 1.807) is 6.08 Å². The molecule has 1 N–H and O–H groups in total. The maximum atomic E-state index is 13.3. The van der Waals surface area contributed by atoms with Crippen LogP contribution in [0.15, 0.2) is 24.8 Å². The zero-order chi connectivity index (χ0) is 12.3. The topological polar surface area (TPSA) is 12.0 Å². The second-order valence-electron chi connectivity index (χ2n) is 3.67. The van der Waals surface area contributed by atoms with Crippen molar-refractivity contribution in [1.29, 1.82) is 0 Å². The zero-order valence-electron chi connectivity index (χ0n) is 9.23. The van der Waals surface area contributed by atoms with Crippen molar-refractivity contribution < 1.29 is 4.39 Å². The van der Waals surface area contributed by atoms with Gasteiger partial charge in [0.15, 0.2) is 0 Å². The van der Waals surface area contributed by atoms with Crippen molar-refractivity contribution in [3.05, 3.63) is 46.2 Å². The second kappa shape index (κ2) is 5.67. The first-order valence-corrected chi connectivity index (χ1v) is 5.75. The third-order valence-electron chi connectivity index (χ3n) is 2.38. The van der Waals surface area contributed by atoms with Gasteiger partial charge in [-0.05, 0) is 26.0 Å². The van der Waals surface area contributed by atoms with Gasteiger partial charge in [-0.3, -0.25) is 0 Å². The normalized spacial score (nSPS) is 14.6. The molecule has 0 bridgehead atoms. The predicted octanol–water partition coefficient (Wildman–Crippen LogP) is 4.36. The third-order valence-corrected chi connectivity index (χ3v) is 3.09. The highest BCUT2D eigenvalue weighted by Crippen LogP contribution is 2.32. The largest absolute Gasteiger partial charge is 0.304 e. The molecule has 0 aliphatic rings. The minimum atomic E-state index is -0.457. The smallest absolute Gasteiger partial charge is 0.142 e.